The predicted molar refractivity (Wildman–Crippen MR) is 130 cm³/mol. The Morgan fingerprint density at radius 3 is 2.62 bits per heavy atom. The maximum Gasteiger partial charge on any atom is 0.290 e. The van der Waals surface area contributed by atoms with Crippen LogP contribution in [0.25, 0.3) is 11.0 Å². The molecule has 0 saturated carbocycles. The number of benzene rings is 3. The van der Waals surface area contributed by atoms with Gasteiger partial charge in [0.1, 0.15) is 5.58 Å². The van der Waals surface area contributed by atoms with Crippen molar-refractivity contribution in [3.63, 3.8) is 0 Å². The monoisotopic (exact) mass is 475 g/mol. The molecule has 1 atom stereocenters. The second kappa shape index (κ2) is 8.88. The zero-order chi connectivity index (χ0) is 23.8. The SMILES string of the molecule is CCOc1cc(C2c3c(oc4ccc(Cl)cc4c3=O)C(=O)N2CCc2ccccc2)ccc1O. The fraction of sp³-hybridized carbons (Fsp3) is 0.185. The van der Waals surface area contributed by atoms with E-state index in [-0.39, 0.29) is 34.2 Å². The summed E-state index contributed by atoms with van der Waals surface area (Å²) >= 11 is 6.14. The molecule has 0 aliphatic carbocycles. The van der Waals surface area contributed by atoms with Crippen molar-refractivity contribution < 1.29 is 19.1 Å². The van der Waals surface area contributed by atoms with Crippen LogP contribution in [0.4, 0.5) is 0 Å². The highest BCUT2D eigenvalue weighted by Crippen LogP contribution is 2.41. The summed E-state index contributed by atoms with van der Waals surface area (Å²) in [6, 6.07) is 18.8. The van der Waals surface area contributed by atoms with Crippen LogP contribution in [0, 0.1) is 0 Å². The Labute approximate surface area is 201 Å². The number of carbonyl (C=O) groups excluding carboxylic acids is 1. The summed E-state index contributed by atoms with van der Waals surface area (Å²) in [4.78, 5) is 28.8. The molecule has 7 heteroatoms. The lowest BCUT2D eigenvalue weighted by molar-refractivity contribution is 0.0730. The van der Waals surface area contributed by atoms with Crippen LogP contribution in [-0.4, -0.2) is 29.1 Å². The fourth-order valence-corrected chi connectivity index (χ4v) is 4.61. The quantitative estimate of drug-likeness (QED) is 0.407. The highest BCUT2D eigenvalue weighted by Gasteiger charge is 2.42. The molecular weight excluding hydrogens is 454 g/mol. The van der Waals surface area contributed by atoms with Gasteiger partial charge in [-0.15, -0.1) is 0 Å². The molecule has 1 unspecified atom stereocenters. The molecule has 4 aromatic rings. The van der Waals surface area contributed by atoms with Crippen molar-refractivity contribution >= 4 is 28.5 Å². The first kappa shape index (κ1) is 22.0. The molecule has 5 rings (SSSR count). The van der Waals surface area contributed by atoms with Crippen molar-refractivity contribution in [2.45, 2.75) is 19.4 Å². The number of halogens is 1. The lowest BCUT2D eigenvalue weighted by Gasteiger charge is -2.25. The zero-order valence-electron chi connectivity index (χ0n) is 18.5. The van der Waals surface area contributed by atoms with Gasteiger partial charge in [-0.25, -0.2) is 0 Å². The zero-order valence-corrected chi connectivity index (χ0v) is 19.2. The summed E-state index contributed by atoms with van der Waals surface area (Å²) in [6.07, 6.45) is 0.604. The summed E-state index contributed by atoms with van der Waals surface area (Å²) < 4.78 is 11.5. The number of aromatic hydroxyl groups is 1. The number of ether oxygens (including phenoxy) is 1. The van der Waals surface area contributed by atoms with Gasteiger partial charge in [-0.05, 0) is 54.8 Å². The van der Waals surface area contributed by atoms with E-state index in [1.807, 2.05) is 37.3 Å². The van der Waals surface area contributed by atoms with Gasteiger partial charge in [0.2, 0.25) is 5.76 Å². The maximum absolute atomic E-state index is 13.6. The molecule has 2 heterocycles. The van der Waals surface area contributed by atoms with Gasteiger partial charge in [0.15, 0.2) is 16.9 Å². The summed E-state index contributed by atoms with van der Waals surface area (Å²) in [5.74, 6) is -0.0414. The van der Waals surface area contributed by atoms with Crippen molar-refractivity contribution in [2.75, 3.05) is 13.2 Å². The largest absolute Gasteiger partial charge is 0.504 e. The molecule has 1 aliphatic heterocycles. The molecule has 0 bridgehead atoms. The number of rotatable bonds is 6. The molecule has 0 fully saturated rings. The van der Waals surface area contributed by atoms with Crippen molar-refractivity contribution in [1.82, 2.24) is 4.90 Å². The van der Waals surface area contributed by atoms with Gasteiger partial charge < -0.3 is 19.2 Å². The Bertz CT molecular complexity index is 1450. The maximum atomic E-state index is 13.6. The van der Waals surface area contributed by atoms with Crippen LogP contribution in [0.15, 0.2) is 75.9 Å². The average molecular weight is 476 g/mol. The number of hydrogen-bond donors (Lipinski definition) is 1. The minimum atomic E-state index is -0.689. The highest BCUT2D eigenvalue weighted by molar-refractivity contribution is 6.31. The Morgan fingerprint density at radius 1 is 1.06 bits per heavy atom. The van der Waals surface area contributed by atoms with Crippen LogP contribution in [-0.2, 0) is 6.42 Å². The van der Waals surface area contributed by atoms with Crippen LogP contribution in [0.5, 0.6) is 11.5 Å². The van der Waals surface area contributed by atoms with Gasteiger partial charge in [-0.2, -0.15) is 0 Å². The van der Waals surface area contributed by atoms with E-state index in [4.69, 9.17) is 20.8 Å². The van der Waals surface area contributed by atoms with Crippen LogP contribution in [0.3, 0.4) is 0 Å². The Hall–Kier alpha value is -3.77. The normalized spacial score (nSPS) is 15.1. The third-order valence-electron chi connectivity index (χ3n) is 6.01. The first-order valence-corrected chi connectivity index (χ1v) is 11.4. The summed E-state index contributed by atoms with van der Waals surface area (Å²) in [7, 11) is 0. The van der Waals surface area contributed by atoms with E-state index in [0.717, 1.165) is 5.56 Å². The molecule has 1 aliphatic rings. The Kier molecular flexibility index (Phi) is 5.75. The number of carbonyl (C=O) groups is 1. The summed E-state index contributed by atoms with van der Waals surface area (Å²) in [6.45, 7) is 2.55. The third kappa shape index (κ3) is 3.80. The van der Waals surface area contributed by atoms with Crippen molar-refractivity contribution in [1.29, 1.82) is 0 Å². The Morgan fingerprint density at radius 2 is 1.85 bits per heavy atom. The lowest BCUT2D eigenvalue weighted by atomic mass is 9.97. The molecule has 1 aromatic heterocycles. The minimum Gasteiger partial charge on any atom is -0.504 e. The van der Waals surface area contributed by atoms with Gasteiger partial charge in [0.05, 0.1) is 23.6 Å². The number of amides is 1. The van der Waals surface area contributed by atoms with Gasteiger partial charge in [0.25, 0.3) is 5.91 Å². The average Bonchev–Trinajstić information content (AvgIpc) is 3.12. The molecule has 0 radical (unpaired) electrons. The second-order valence-electron chi connectivity index (χ2n) is 8.11. The van der Waals surface area contributed by atoms with E-state index in [9.17, 15) is 14.7 Å². The van der Waals surface area contributed by atoms with E-state index < -0.39 is 6.04 Å². The molecule has 1 N–H and O–H groups in total. The van der Waals surface area contributed by atoms with E-state index in [1.54, 1.807) is 35.2 Å². The molecule has 1 amide bonds. The number of hydrogen-bond acceptors (Lipinski definition) is 5. The van der Waals surface area contributed by atoms with Gasteiger partial charge in [-0.1, -0.05) is 48.0 Å². The minimum absolute atomic E-state index is 0.0108. The predicted octanol–water partition coefficient (Wildman–Crippen LogP) is 5.34. The van der Waals surface area contributed by atoms with E-state index >= 15 is 0 Å². The van der Waals surface area contributed by atoms with Crippen molar-refractivity contribution in [3.05, 3.63) is 104 Å². The molecule has 0 spiro atoms. The molecular formula is C27H22ClNO5. The number of nitrogens with zero attached hydrogens (tertiary/aromatic N) is 1. The van der Waals surface area contributed by atoms with Gasteiger partial charge >= 0.3 is 0 Å². The number of phenols is 1. The molecule has 0 saturated heterocycles. The topological polar surface area (TPSA) is 80.0 Å². The standard InChI is InChI=1S/C27H22ClNO5/c1-2-33-22-14-17(8-10-20(22)30)24-23-25(31)19-15-18(28)9-11-21(19)34-26(23)27(32)29(24)13-12-16-6-4-3-5-7-16/h3-11,14-15,24,30H,2,12-13H2,1H3. The summed E-state index contributed by atoms with van der Waals surface area (Å²) in [5.41, 5.74) is 1.99. The van der Waals surface area contributed by atoms with Crippen LogP contribution < -0.4 is 10.2 Å². The van der Waals surface area contributed by atoms with Crippen LogP contribution in [0.2, 0.25) is 5.02 Å². The second-order valence-corrected chi connectivity index (χ2v) is 8.55. The first-order valence-electron chi connectivity index (χ1n) is 11.0. The van der Waals surface area contributed by atoms with Gasteiger partial charge in [-0.3, -0.25) is 9.59 Å². The van der Waals surface area contributed by atoms with Crippen LogP contribution >= 0.6 is 11.6 Å². The van der Waals surface area contributed by atoms with E-state index in [2.05, 4.69) is 0 Å². The summed E-state index contributed by atoms with van der Waals surface area (Å²) in [5, 5.41) is 10.9. The highest BCUT2D eigenvalue weighted by atomic mass is 35.5. The number of fused-ring (bicyclic) bond motifs is 2. The lowest BCUT2D eigenvalue weighted by Crippen LogP contribution is -2.31. The Balaban J connectivity index is 1.67. The van der Waals surface area contributed by atoms with E-state index in [1.165, 1.54) is 6.07 Å². The molecule has 3 aromatic carbocycles. The first-order chi connectivity index (χ1) is 16.5. The molecule has 6 nitrogen and oxygen atoms in total. The molecule has 34 heavy (non-hydrogen) atoms. The third-order valence-corrected chi connectivity index (χ3v) is 6.25. The fourth-order valence-electron chi connectivity index (χ4n) is 4.44. The van der Waals surface area contributed by atoms with E-state index in [0.29, 0.717) is 41.1 Å². The smallest absolute Gasteiger partial charge is 0.290 e. The van der Waals surface area contributed by atoms with Crippen molar-refractivity contribution in [2.24, 2.45) is 0 Å². The van der Waals surface area contributed by atoms with Crippen LogP contribution in [0.1, 0.15) is 40.2 Å². The number of phenolic OH excluding ortho intramolecular Hbond substituents is 1. The molecule has 172 valence electrons. The van der Waals surface area contributed by atoms with Gasteiger partial charge in [0, 0.05) is 11.6 Å². The van der Waals surface area contributed by atoms with Crippen molar-refractivity contribution in [3.8, 4) is 11.5 Å².